The Hall–Kier alpha value is -0.820. The molecule has 0 aliphatic carbocycles. The minimum Gasteiger partial charge on any atom is -0.495 e. The predicted molar refractivity (Wildman–Crippen MR) is 78.7 cm³/mol. The second kappa shape index (κ2) is 7.69. The number of rotatable bonds is 6. The van der Waals surface area contributed by atoms with Crippen LogP contribution < -0.4 is 14.8 Å². The standard InChI is InChI=1S/C12H20N2O3S.ClH/c1-9-5-6-11(17-4)12(7-9)18(15,16)14-8-10(2)13-3;/h5-7,10,13-14H,8H2,1-4H3;1H. The van der Waals surface area contributed by atoms with Crippen molar-refractivity contribution in [3.05, 3.63) is 23.8 Å². The largest absolute Gasteiger partial charge is 0.495 e. The third-order valence-corrected chi connectivity index (χ3v) is 4.13. The average molecular weight is 309 g/mol. The third-order valence-electron chi connectivity index (χ3n) is 2.68. The molecule has 0 heterocycles. The summed E-state index contributed by atoms with van der Waals surface area (Å²) in [6, 6.07) is 5.14. The van der Waals surface area contributed by atoms with Crippen molar-refractivity contribution < 1.29 is 13.2 Å². The van der Waals surface area contributed by atoms with Gasteiger partial charge in [-0.05, 0) is 38.6 Å². The van der Waals surface area contributed by atoms with Gasteiger partial charge in [-0.3, -0.25) is 0 Å². The van der Waals surface area contributed by atoms with Gasteiger partial charge < -0.3 is 10.1 Å². The van der Waals surface area contributed by atoms with Crippen LogP contribution >= 0.6 is 12.4 Å². The molecule has 0 fully saturated rings. The minimum absolute atomic E-state index is 0. The molecule has 19 heavy (non-hydrogen) atoms. The summed E-state index contributed by atoms with van der Waals surface area (Å²) < 4.78 is 32.0. The molecule has 0 saturated heterocycles. The van der Waals surface area contributed by atoms with Crippen molar-refractivity contribution in [1.82, 2.24) is 10.0 Å². The Kier molecular flexibility index (Phi) is 7.36. The number of nitrogens with one attached hydrogen (secondary N) is 2. The number of halogens is 1. The topological polar surface area (TPSA) is 67.4 Å². The molecule has 2 N–H and O–H groups in total. The first-order valence-electron chi connectivity index (χ1n) is 5.72. The minimum atomic E-state index is -3.55. The molecule has 1 aromatic rings. The molecule has 7 heteroatoms. The summed E-state index contributed by atoms with van der Waals surface area (Å²) in [4.78, 5) is 0.174. The van der Waals surface area contributed by atoms with E-state index in [0.717, 1.165) is 5.56 Å². The quantitative estimate of drug-likeness (QED) is 0.831. The van der Waals surface area contributed by atoms with E-state index in [-0.39, 0.29) is 23.3 Å². The van der Waals surface area contributed by atoms with Gasteiger partial charge in [0.05, 0.1) is 7.11 Å². The number of likely N-dealkylation sites (N-methyl/N-ethyl adjacent to an activating group) is 1. The van der Waals surface area contributed by atoms with E-state index in [1.807, 2.05) is 19.9 Å². The molecule has 0 aliphatic rings. The molecule has 0 spiro atoms. The van der Waals surface area contributed by atoms with E-state index in [2.05, 4.69) is 10.0 Å². The molecule has 0 aromatic heterocycles. The number of benzene rings is 1. The molecule has 0 radical (unpaired) electrons. The van der Waals surface area contributed by atoms with Gasteiger partial charge in [-0.1, -0.05) is 6.07 Å². The van der Waals surface area contributed by atoms with Crippen molar-refractivity contribution in [3.8, 4) is 5.75 Å². The van der Waals surface area contributed by atoms with Gasteiger partial charge in [0.15, 0.2) is 0 Å². The van der Waals surface area contributed by atoms with Crippen molar-refractivity contribution in [2.75, 3.05) is 20.7 Å². The van der Waals surface area contributed by atoms with Crippen LogP contribution in [0.2, 0.25) is 0 Å². The van der Waals surface area contributed by atoms with E-state index in [9.17, 15) is 8.42 Å². The molecular formula is C12H21ClN2O3S. The summed E-state index contributed by atoms with van der Waals surface area (Å²) >= 11 is 0. The Bertz CT molecular complexity index is 506. The normalized spacial score (nSPS) is 12.6. The van der Waals surface area contributed by atoms with Gasteiger partial charge in [-0.15, -0.1) is 12.4 Å². The van der Waals surface area contributed by atoms with E-state index in [1.165, 1.54) is 7.11 Å². The summed E-state index contributed by atoms with van der Waals surface area (Å²) in [7, 11) is -0.304. The highest BCUT2D eigenvalue weighted by molar-refractivity contribution is 7.89. The Balaban J connectivity index is 0.00000324. The zero-order valence-corrected chi connectivity index (χ0v) is 13.2. The summed E-state index contributed by atoms with van der Waals surface area (Å²) in [6.07, 6.45) is 0. The lowest BCUT2D eigenvalue weighted by atomic mass is 10.2. The lowest BCUT2D eigenvalue weighted by Gasteiger charge is -2.14. The van der Waals surface area contributed by atoms with E-state index in [0.29, 0.717) is 12.3 Å². The van der Waals surface area contributed by atoms with Crippen LogP contribution in [0.5, 0.6) is 5.75 Å². The van der Waals surface area contributed by atoms with Crippen LogP contribution in [0.1, 0.15) is 12.5 Å². The highest BCUT2D eigenvalue weighted by Crippen LogP contribution is 2.24. The molecule has 1 aromatic carbocycles. The lowest BCUT2D eigenvalue weighted by Crippen LogP contribution is -2.37. The maximum Gasteiger partial charge on any atom is 0.244 e. The molecule has 0 amide bonds. The van der Waals surface area contributed by atoms with Gasteiger partial charge in [-0.25, -0.2) is 13.1 Å². The average Bonchev–Trinajstić information content (AvgIpc) is 2.36. The second-order valence-corrected chi connectivity index (χ2v) is 5.93. The fourth-order valence-electron chi connectivity index (χ4n) is 1.41. The first-order chi connectivity index (χ1) is 8.40. The van der Waals surface area contributed by atoms with Crippen LogP contribution in [-0.2, 0) is 10.0 Å². The molecule has 0 saturated carbocycles. The maximum atomic E-state index is 12.2. The number of hydrogen-bond donors (Lipinski definition) is 2. The maximum absolute atomic E-state index is 12.2. The van der Waals surface area contributed by atoms with Crippen LogP contribution in [-0.4, -0.2) is 35.2 Å². The first-order valence-corrected chi connectivity index (χ1v) is 7.20. The number of sulfonamides is 1. The van der Waals surface area contributed by atoms with Gasteiger partial charge in [0.2, 0.25) is 10.0 Å². The van der Waals surface area contributed by atoms with Gasteiger partial charge in [0.25, 0.3) is 0 Å². The molecule has 5 nitrogen and oxygen atoms in total. The third kappa shape index (κ3) is 4.99. The van der Waals surface area contributed by atoms with Gasteiger partial charge in [-0.2, -0.15) is 0 Å². The highest BCUT2D eigenvalue weighted by atomic mass is 35.5. The van der Waals surface area contributed by atoms with Crippen LogP contribution in [0, 0.1) is 6.92 Å². The highest BCUT2D eigenvalue weighted by Gasteiger charge is 2.19. The second-order valence-electron chi connectivity index (χ2n) is 4.20. The Morgan fingerprint density at radius 3 is 2.53 bits per heavy atom. The van der Waals surface area contributed by atoms with E-state index < -0.39 is 10.0 Å². The van der Waals surface area contributed by atoms with Crippen LogP contribution in [0.3, 0.4) is 0 Å². The summed E-state index contributed by atoms with van der Waals surface area (Å²) in [5, 5.41) is 2.97. The summed E-state index contributed by atoms with van der Waals surface area (Å²) in [5.41, 5.74) is 0.873. The van der Waals surface area contributed by atoms with E-state index >= 15 is 0 Å². The van der Waals surface area contributed by atoms with Crippen molar-refractivity contribution in [1.29, 1.82) is 0 Å². The molecule has 1 rings (SSSR count). The molecule has 1 unspecified atom stereocenters. The fourth-order valence-corrected chi connectivity index (χ4v) is 2.79. The van der Waals surface area contributed by atoms with Gasteiger partial charge in [0, 0.05) is 12.6 Å². The van der Waals surface area contributed by atoms with Crippen LogP contribution in [0.25, 0.3) is 0 Å². The Morgan fingerprint density at radius 1 is 1.37 bits per heavy atom. The fraction of sp³-hybridized carbons (Fsp3) is 0.500. The van der Waals surface area contributed by atoms with E-state index in [4.69, 9.17) is 4.74 Å². The molecule has 110 valence electrons. The number of ether oxygens (including phenoxy) is 1. The predicted octanol–water partition coefficient (Wildman–Crippen LogP) is 1.31. The number of hydrogen-bond acceptors (Lipinski definition) is 4. The molecule has 0 aliphatic heterocycles. The smallest absolute Gasteiger partial charge is 0.244 e. The van der Waals surface area contributed by atoms with Crippen LogP contribution in [0.15, 0.2) is 23.1 Å². The Morgan fingerprint density at radius 2 is 2.00 bits per heavy atom. The SMILES string of the molecule is CNC(C)CNS(=O)(=O)c1cc(C)ccc1OC.Cl. The van der Waals surface area contributed by atoms with Crippen molar-refractivity contribution in [3.63, 3.8) is 0 Å². The van der Waals surface area contributed by atoms with Crippen LogP contribution in [0.4, 0.5) is 0 Å². The summed E-state index contributed by atoms with van der Waals surface area (Å²) in [5.74, 6) is 0.352. The van der Waals surface area contributed by atoms with E-state index in [1.54, 1.807) is 19.2 Å². The molecular weight excluding hydrogens is 288 g/mol. The Labute approximate surface area is 121 Å². The van der Waals surface area contributed by atoms with Crippen molar-refractivity contribution >= 4 is 22.4 Å². The van der Waals surface area contributed by atoms with Gasteiger partial charge >= 0.3 is 0 Å². The van der Waals surface area contributed by atoms with Gasteiger partial charge in [0.1, 0.15) is 10.6 Å². The number of methoxy groups -OCH3 is 1. The lowest BCUT2D eigenvalue weighted by molar-refractivity contribution is 0.402. The molecule has 0 bridgehead atoms. The summed E-state index contributed by atoms with van der Waals surface area (Å²) in [6.45, 7) is 4.07. The first kappa shape index (κ1) is 18.2. The monoisotopic (exact) mass is 308 g/mol. The zero-order valence-electron chi connectivity index (χ0n) is 11.6. The number of aryl methyl sites for hydroxylation is 1. The van der Waals surface area contributed by atoms with Crippen molar-refractivity contribution in [2.24, 2.45) is 0 Å². The van der Waals surface area contributed by atoms with Crippen molar-refractivity contribution in [2.45, 2.75) is 24.8 Å². The zero-order chi connectivity index (χ0) is 13.8. The molecule has 1 atom stereocenters.